The van der Waals surface area contributed by atoms with Gasteiger partial charge >= 0.3 is 0 Å². The Morgan fingerprint density at radius 1 is 1.29 bits per heavy atom. The van der Waals surface area contributed by atoms with Crippen LogP contribution in [0, 0.1) is 5.41 Å². The number of guanidine groups is 1. The summed E-state index contributed by atoms with van der Waals surface area (Å²) in [5.41, 5.74) is 5.95. The summed E-state index contributed by atoms with van der Waals surface area (Å²) in [5, 5.41) is 25.2. The van der Waals surface area contributed by atoms with E-state index in [1.807, 2.05) is 18.2 Å². The lowest BCUT2D eigenvalue weighted by molar-refractivity contribution is -0.400. The number of nitrogens with zero attached hydrogens (tertiary/aromatic N) is 2. The van der Waals surface area contributed by atoms with Crippen molar-refractivity contribution >= 4 is 5.96 Å². The Balaban J connectivity index is 2.70. The highest BCUT2D eigenvalue weighted by Crippen LogP contribution is 2.04. The lowest BCUT2D eigenvalue weighted by Gasteiger charge is -2.24. The van der Waals surface area contributed by atoms with Gasteiger partial charge in [-0.25, -0.2) is 5.01 Å². The second-order valence-electron chi connectivity index (χ2n) is 2.70. The normalized spacial score (nSPS) is 10.2. The quantitative estimate of drug-likeness (QED) is 0.318. The molecule has 14 heavy (non-hydrogen) atoms. The Kier molecular flexibility index (Phi) is 3.41. The zero-order valence-corrected chi connectivity index (χ0v) is 7.46. The molecular formula is C8H12N4O2. The van der Waals surface area contributed by atoms with Gasteiger partial charge in [-0.1, -0.05) is 30.3 Å². The van der Waals surface area contributed by atoms with Gasteiger partial charge in [0.15, 0.2) is 0 Å². The van der Waals surface area contributed by atoms with Crippen LogP contribution in [0.2, 0.25) is 0 Å². The first kappa shape index (κ1) is 10.5. The minimum atomic E-state index is -0.446. The molecule has 0 aromatic heterocycles. The van der Waals surface area contributed by atoms with Gasteiger partial charge in [-0.2, -0.15) is 0 Å². The molecule has 5 N–H and O–H groups in total. The lowest BCUT2D eigenvalue weighted by atomic mass is 10.2. The number of hydrogen-bond donors (Lipinski definition) is 4. The minimum absolute atomic E-state index is 0.128. The Labute approximate surface area is 81.2 Å². The van der Waals surface area contributed by atoms with E-state index < -0.39 is 5.96 Å². The molecule has 6 nitrogen and oxygen atoms in total. The first-order valence-corrected chi connectivity index (χ1v) is 3.94. The van der Waals surface area contributed by atoms with E-state index in [-0.39, 0.29) is 11.9 Å². The topological polar surface area (TPSA) is 96.8 Å². The Morgan fingerprint density at radius 3 is 2.29 bits per heavy atom. The lowest BCUT2D eigenvalue weighted by Crippen LogP contribution is -2.45. The van der Waals surface area contributed by atoms with E-state index >= 15 is 0 Å². The summed E-state index contributed by atoms with van der Waals surface area (Å²) in [5.74, 6) is -0.446. The molecule has 0 amide bonds. The number of benzene rings is 1. The first-order valence-electron chi connectivity index (χ1n) is 3.94. The van der Waals surface area contributed by atoms with Crippen LogP contribution in [0.15, 0.2) is 30.3 Å². The average molecular weight is 196 g/mol. The zero-order valence-electron chi connectivity index (χ0n) is 7.46. The molecule has 0 fully saturated rings. The van der Waals surface area contributed by atoms with Gasteiger partial charge in [0.05, 0.1) is 6.54 Å². The molecular weight excluding hydrogens is 184 g/mol. The summed E-state index contributed by atoms with van der Waals surface area (Å²) in [7, 11) is 0. The second-order valence-corrected chi connectivity index (χ2v) is 2.70. The highest BCUT2D eigenvalue weighted by molar-refractivity contribution is 5.73. The van der Waals surface area contributed by atoms with E-state index in [9.17, 15) is 0 Å². The molecule has 0 aliphatic carbocycles. The molecule has 0 unspecified atom stereocenters. The highest BCUT2D eigenvalue weighted by Gasteiger charge is 2.12. The molecule has 0 aliphatic heterocycles. The summed E-state index contributed by atoms with van der Waals surface area (Å²) in [6.45, 7) is 0.128. The third kappa shape index (κ3) is 2.70. The monoisotopic (exact) mass is 196 g/mol. The predicted molar refractivity (Wildman–Crippen MR) is 49.3 cm³/mol. The highest BCUT2D eigenvalue weighted by atomic mass is 16.8. The van der Waals surface area contributed by atoms with Crippen molar-refractivity contribution in [3.63, 3.8) is 0 Å². The Hall–Kier alpha value is -1.63. The fourth-order valence-corrected chi connectivity index (χ4v) is 1.00. The molecule has 0 saturated heterocycles. The molecule has 0 atom stereocenters. The second kappa shape index (κ2) is 4.56. The van der Waals surface area contributed by atoms with E-state index in [0.717, 1.165) is 10.6 Å². The van der Waals surface area contributed by atoms with Crippen molar-refractivity contribution in [3.8, 4) is 0 Å². The number of hydrazine groups is 1. The van der Waals surface area contributed by atoms with Crippen LogP contribution in [-0.2, 0) is 6.54 Å². The fourth-order valence-electron chi connectivity index (χ4n) is 1.00. The molecule has 0 radical (unpaired) electrons. The largest absolute Gasteiger partial charge is 0.369 e. The first-order chi connectivity index (χ1) is 6.61. The van der Waals surface area contributed by atoms with Crippen molar-refractivity contribution in [2.24, 2.45) is 5.73 Å². The Bertz CT molecular complexity index is 301. The van der Waals surface area contributed by atoms with Gasteiger partial charge in [-0.3, -0.25) is 15.8 Å². The summed E-state index contributed by atoms with van der Waals surface area (Å²) in [6, 6.07) is 9.05. The summed E-state index contributed by atoms with van der Waals surface area (Å²) < 4.78 is 0. The van der Waals surface area contributed by atoms with Crippen molar-refractivity contribution in [2.75, 3.05) is 0 Å². The van der Waals surface area contributed by atoms with Crippen molar-refractivity contribution in [2.45, 2.75) is 6.54 Å². The van der Waals surface area contributed by atoms with Gasteiger partial charge < -0.3 is 5.73 Å². The van der Waals surface area contributed by atoms with E-state index in [1.54, 1.807) is 12.1 Å². The molecule has 0 bridgehead atoms. The molecule has 1 aromatic rings. The van der Waals surface area contributed by atoms with Crippen LogP contribution >= 0.6 is 0 Å². The van der Waals surface area contributed by atoms with Gasteiger partial charge in [0.1, 0.15) is 0 Å². The molecule has 1 aromatic carbocycles. The maximum absolute atomic E-state index is 8.74. The van der Waals surface area contributed by atoms with E-state index in [2.05, 4.69) is 0 Å². The van der Waals surface area contributed by atoms with Crippen molar-refractivity contribution < 1.29 is 10.4 Å². The third-order valence-electron chi connectivity index (χ3n) is 1.67. The van der Waals surface area contributed by atoms with Gasteiger partial charge in [0.2, 0.25) is 5.96 Å². The van der Waals surface area contributed by atoms with Gasteiger partial charge in [0.25, 0.3) is 0 Å². The SMILES string of the molecule is N=C(N)N(Cc1ccccc1)N(O)O. The van der Waals surface area contributed by atoms with Gasteiger partial charge in [-0.05, 0) is 5.56 Å². The van der Waals surface area contributed by atoms with E-state index in [4.69, 9.17) is 21.6 Å². The summed E-state index contributed by atoms with van der Waals surface area (Å²) >= 11 is 0. The number of nitrogens with one attached hydrogen (secondary N) is 1. The van der Waals surface area contributed by atoms with Crippen molar-refractivity contribution in [1.82, 2.24) is 10.3 Å². The molecule has 76 valence electrons. The zero-order chi connectivity index (χ0) is 10.6. The van der Waals surface area contributed by atoms with Crippen LogP contribution in [0.3, 0.4) is 0 Å². The molecule has 0 aliphatic rings. The van der Waals surface area contributed by atoms with Gasteiger partial charge in [0, 0.05) is 5.34 Å². The maximum atomic E-state index is 8.74. The van der Waals surface area contributed by atoms with Crippen LogP contribution in [-0.4, -0.2) is 26.7 Å². The molecule has 0 spiro atoms. The number of hydrogen-bond acceptors (Lipinski definition) is 4. The van der Waals surface area contributed by atoms with E-state index in [0.29, 0.717) is 0 Å². The molecule has 6 heteroatoms. The van der Waals surface area contributed by atoms with E-state index in [1.165, 1.54) is 0 Å². The smallest absolute Gasteiger partial charge is 0.207 e. The molecule has 0 heterocycles. The maximum Gasteiger partial charge on any atom is 0.207 e. The Morgan fingerprint density at radius 2 is 1.86 bits per heavy atom. The minimum Gasteiger partial charge on any atom is -0.369 e. The van der Waals surface area contributed by atoms with Crippen molar-refractivity contribution in [1.29, 1.82) is 5.41 Å². The number of nitrogens with two attached hydrogens (primary N) is 1. The summed E-state index contributed by atoms with van der Waals surface area (Å²) in [4.78, 5) is 0. The predicted octanol–water partition coefficient (Wildman–Crippen LogP) is 0.377. The van der Waals surface area contributed by atoms with Crippen LogP contribution < -0.4 is 5.73 Å². The van der Waals surface area contributed by atoms with Crippen LogP contribution in [0.4, 0.5) is 0 Å². The van der Waals surface area contributed by atoms with Crippen LogP contribution in [0.1, 0.15) is 5.56 Å². The summed E-state index contributed by atoms with van der Waals surface area (Å²) in [6.07, 6.45) is 0. The third-order valence-corrected chi connectivity index (χ3v) is 1.67. The fraction of sp³-hybridized carbons (Fsp3) is 0.125. The van der Waals surface area contributed by atoms with Crippen LogP contribution in [0.5, 0.6) is 0 Å². The standard InChI is InChI=1S/C8H12N4O2/c9-8(10)11(12(13)14)6-7-4-2-1-3-5-7/h1-5,13-14H,6H2,(H3,9,10). The number of rotatable bonds is 3. The average Bonchev–Trinajstić information content (AvgIpc) is 2.15. The van der Waals surface area contributed by atoms with Crippen LogP contribution in [0.25, 0.3) is 0 Å². The van der Waals surface area contributed by atoms with Gasteiger partial charge in [-0.15, -0.1) is 0 Å². The molecule has 0 saturated carbocycles. The molecule has 1 rings (SSSR count). The van der Waals surface area contributed by atoms with Crippen molar-refractivity contribution in [3.05, 3.63) is 35.9 Å².